The standard InChI is InChI=1S/C24H21NO5S/c26-23(25-10-12-28-13-11-25)21(16-6-2-1-3-7-16)30-24(27)20-14-17-15-29-19-9-5-4-8-18(19)22(17)31-20/h1-9,14,21H,10-13,15H2/t21-/m0/s1. The van der Waals surface area contributed by atoms with Crippen molar-refractivity contribution >= 4 is 23.2 Å². The minimum absolute atomic E-state index is 0.224. The first-order valence-corrected chi connectivity index (χ1v) is 11.0. The lowest BCUT2D eigenvalue weighted by Gasteiger charge is -2.30. The number of thiophene rings is 1. The molecule has 0 unspecified atom stereocenters. The number of esters is 1. The zero-order valence-electron chi connectivity index (χ0n) is 16.8. The molecule has 0 saturated carbocycles. The lowest BCUT2D eigenvalue weighted by molar-refractivity contribution is -0.145. The summed E-state index contributed by atoms with van der Waals surface area (Å²) < 4.78 is 16.9. The summed E-state index contributed by atoms with van der Waals surface area (Å²) in [6.45, 7) is 2.35. The van der Waals surface area contributed by atoms with E-state index in [9.17, 15) is 9.59 Å². The molecule has 2 aliphatic rings. The molecule has 1 amide bonds. The number of rotatable bonds is 4. The second-order valence-corrected chi connectivity index (χ2v) is 8.44. The topological polar surface area (TPSA) is 65.1 Å². The Morgan fingerprint density at radius 2 is 1.74 bits per heavy atom. The summed E-state index contributed by atoms with van der Waals surface area (Å²) in [5.74, 6) is 0.0756. The third kappa shape index (κ3) is 3.94. The number of para-hydroxylation sites is 1. The van der Waals surface area contributed by atoms with E-state index in [1.165, 1.54) is 11.3 Å². The molecule has 3 aromatic rings. The van der Waals surface area contributed by atoms with Gasteiger partial charge in [-0.3, -0.25) is 4.79 Å². The van der Waals surface area contributed by atoms with E-state index in [0.717, 1.165) is 21.8 Å². The molecule has 3 heterocycles. The fourth-order valence-electron chi connectivity index (χ4n) is 3.80. The maximum Gasteiger partial charge on any atom is 0.349 e. The number of hydrogen-bond donors (Lipinski definition) is 0. The largest absolute Gasteiger partial charge is 0.488 e. The molecular weight excluding hydrogens is 414 g/mol. The van der Waals surface area contributed by atoms with E-state index in [1.807, 2.05) is 42.5 Å². The average Bonchev–Trinajstić information content (AvgIpc) is 3.28. The Morgan fingerprint density at radius 3 is 2.55 bits per heavy atom. The van der Waals surface area contributed by atoms with Gasteiger partial charge in [0.1, 0.15) is 17.2 Å². The van der Waals surface area contributed by atoms with Crippen LogP contribution in [0.2, 0.25) is 0 Å². The molecule has 0 bridgehead atoms. The van der Waals surface area contributed by atoms with Gasteiger partial charge in [0.15, 0.2) is 0 Å². The minimum atomic E-state index is -0.991. The molecule has 0 aliphatic carbocycles. The number of fused-ring (bicyclic) bond motifs is 3. The van der Waals surface area contributed by atoms with Gasteiger partial charge in [-0.1, -0.05) is 42.5 Å². The summed E-state index contributed by atoms with van der Waals surface area (Å²) in [5.41, 5.74) is 2.57. The van der Waals surface area contributed by atoms with Gasteiger partial charge in [-0.25, -0.2) is 4.79 Å². The molecule has 31 heavy (non-hydrogen) atoms. The molecule has 0 N–H and O–H groups in total. The van der Waals surface area contributed by atoms with Crippen molar-refractivity contribution < 1.29 is 23.8 Å². The van der Waals surface area contributed by atoms with Crippen molar-refractivity contribution in [1.29, 1.82) is 0 Å². The molecule has 0 radical (unpaired) electrons. The van der Waals surface area contributed by atoms with Crippen LogP contribution in [0.25, 0.3) is 10.4 Å². The highest BCUT2D eigenvalue weighted by Crippen LogP contribution is 2.42. The van der Waals surface area contributed by atoms with Crippen molar-refractivity contribution in [2.75, 3.05) is 26.3 Å². The Bertz CT molecular complexity index is 1100. The van der Waals surface area contributed by atoms with Crippen LogP contribution < -0.4 is 4.74 Å². The number of ether oxygens (including phenoxy) is 3. The van der Waals surface area contributed by atoms with Crippen molar-refractivity contribution in [1.82, 2.24) is 4.90 Å². The lowest BCUT2D eigenvalue weighted by Crippen LogP contribution is -2.44. The van der Waals surface area contributed by atoms with Crippen molar-refractivity contribution in [3.63, 3.8) is 0 Å². The molecule has 158 valence electrons. The van der Waals surface area contributed by atoms with E-state index >= 15 is 0 Å². The first-order chi connectivity index (χ1) is 15.2. The third-order valence-corrected chi connectivity index (χ3v) is 6.59. The fourth-order valence-corrected chi connectivity index (χ4v) is 4.88. The highest BCUT2D eigenvalue weighted by Gasteiger charge is 2.32. The lowest BCUT2D eigenvalue weighted by atomic mass is 10.1. The average molecular weight is 436 g/mol. The van der Waals surface area contributed by atoms with E-state index in [4.69, 9.17) is 14.2 Å². The van der Waals surface area contributed by atoms with Crippen LogP contribution in [0, 0.1) is 0 Å². The SMILES string of the molecule is O=C(O[C@H](C(=O)N1CCOCC1)c1ccccc1)c1cc2c(s1)-c1ccccc1OC2. The van der Waals surface area contributed by atoms with Crippen LogP contribution >= 0.6 is 11.3 Å². The molecule has 0 spiro atoms. The second kappa shape index (κ2) is 8.53. The molecule has 5 rings (SSSR count). The first-order valence-electron chi connectivity index (χ1n) is 10.2. The number of nitrogens with zero attached hydrogens (tertiary/aromatic N) is 1. The summed E-state index contributed by atoms with van der Waals surface area (Å²) in [4.78, 5) is 29.5. The zero-order chi connectivity index (χ0) is 21.2. The normalized spacial score (nSPS) is 15.9. The van der Waals surface area contributed by atoms with Gasteiger partial charge < -0.3 is 19.1 Å². The molecule has 2 aromatic carbocycles. The number of hydrogen-bond acceptors (Lipinski definition) is 6. The van der Waals surface area contributed by atoms with Gasteiger partial charge in [0.25, 0.3) is 5.91 Å². The number of carbonyl (C=O) groups is 2. The molecule has 7 heteroatoms. The van der Waals surface area contributed by atoms with Crippen LogP contribution in [0.3, 0.4) is 0 Å². The molecule has 1 aromatic heterocycles. The Labute approximate surface area is 184 Å². The van der Waals surface area contributed by atoms with Crippen LogP contribution in [0.1, 0.15) is 26.9 Å². The smallest absolute Gasteiger partial charge is 0.349 e. The predicted octanol–water partition coefficient (Wildman–Crippen LogP) is 4.06. The van der Waals surface area contributed by atoms with Crippen LogP contribution in [0.5, 0.6) is 5.75 Å². The van der Waals surface area contributed by atoms with E-state index in [2.05, 4.69) is 0 Å². The number of carbonyl (C=O) groups excluding carboxylic acids is 2. The molecule has 1 atom stereocenters. The van der Waals surface area contributed by atoms with Crippen molar-refractivity contribution in [3.8, 4) is 16.2 Å². The van der Waals surface area contributed by atoms with E-state index in [0.29, 0.717) is 43.4 Å². The summed E-state index contributed by atoms with van der Waals surface area (Å²) in [6.07, 6.45) is -0.991. The van der Waals surface area contributed by atoms with Gasteiger partial charge in [-0.15, -0.1) is 11.3 Å². The minimum Gasteiger partial charge on any atom is -0.488 e. The first kappa shape index (κ1) is 19.8. The third-order valence-electron chi connectivity index (χ3n) is 5.40. The van der Waals surface area contributed by atoms with Gasteiger partial charge in [0.2, 0.25) is 6.10 Å². The van der Waals surface area contributed by atoms with Crippen LogP contribution in [-0.2, 0) is 20.9 Å². The maximum atomic E-state index is 13.2. The van der Waals surface area contributed by atoms with Crippen LogP contribution in [0.4, 0.5) is 0 Å². The van der Waals surface area contributed by atoms with E-state index in [-0.39, 0.29) is 5.91 Å². The van der Waals surface area contributed by atoms with Gasteiger partial charge >= 0.3 is 5.97 Å². The van der Waals surface area contributed by atoms with E-state index < -0.39 is 12.1 Å². The number of amides is 1. The number of benzene rings is 2. The molecule has 2 aliphatic heterocycles. The van der Waals surface area contributed by atoms with Gasteiger partial charge in [-0.2, -0.15) is 0 Å². The Kier molecular flexibility index (Phi) is 5.44. The molecule has 1 saturated heterocycles. The van der Waals surface area contributed by atoms with Crippen molar-refractivity contribution in [2.45, 2.75) is 12.7 Å². The van der Waals surface area contributed by atoms with Crippen molar-refractivity contribution in [2.24, 2.45) is 0 Å². The Morgan fingerprint density at radius 1 is 1.00 bits per heavy atom. The highest BCUT2D eigenvalue weighted by molar-refractivity contribution is 7.17. The quantitative estimate of drug-likeness (QED) is 0.578. The summed E-state index contributed by atoms with van der Waals surface area (Å²) in [5, 5.41) is 0. The summed E-state index contributed by atoms with van der Waals surface area (Å²) in [6, 6.07) is 18.7. The summed E-state index contributed by atoms with van der Waals surface area (Å²) >= 11 is 1.37. The fraction of sp³-hybridized carbons (Fsp3) is 0.250. The summed E-state index contributed by atoms with van der Waals surface area (Å²) in [7, 11) is 0. The van der Waals surface area contributed by atoms with Gasteiger partial charge in [0.05, 0.1) is 13.2 Å². The van der Waals surface area contributed by atoms with Crippen LogP contribution in [0.15, 0.2) is 60.7 Å². The number of morpholine rings is 1. The van der Waals surface area contributed by atoms with E-state index in [1.54, 1.807) is 23.1 Å². The molecule has 1 fully saturated rings. The maximum absolute atomic E-state index is 13.2. The monoisotopic (exact) mass is 435 g/mol. The molecule has 6 nitrogen and oxygen atoms in total. The highest BCUT2D eigenvalue weighted by atomic mass is 32.1. The zero-order valence-corrected chi connectivity index (χ0v) is 17.6. The Balaban J connectivity index is 1.42. The van der Waals surface area contributed by atoms with Crippen LogP contribution in [-0.4, -0.2) is 43.1 Å². The predicted molar refractivity (Wildman–Crippen MR) is 116 cm³/mol. The van der Waals surface area contributed by atoms with Crippen molar-refractivity contribution in [3.05, 3.63) is 76.7 Å². The van der Waals surface area contributed by atoms with Gasteiger partial charge in [-0.05, 0) is 18.2 Å². The molecular formula is C24H21NO5S. The van der Waals surface area contributed by atoms with Gasteiger partial charge in [0, 0.05) is 34.7 Å². The Hall–Kier alpha value is -3.16. The second-order valence-electron chi connectivity index (χ2n) is 7.38.